The highest BCUT2D eigenvalue weighted by atomic mass is 127. The Balaban J connectivity index is 2.19. The fourth-order valence-electron chi connectivity index (χ4n) is 4.14. The van der Waals surface area contributed by atoms with Crippen LogP contribution in [0.2, 0.25) is 0 Å². The lowest BCUT2D eigenvalue weighted by Gasteiger charge is -2.22. The number of pyridine rings is 1. The van der Waals surface area contributed by atoms with E-state index < -0.39 is 114 Å². The van der Waals surface area contributed by atoms with Gasteiger partial charge in [-0.3, -0.25) is 18.7 Å². The molecule has 0 N–H and O–H groups in total. The highest BCUT2D eigenvalue weighted by Crippen LogP contribution is 2.50. The number of hydrogen-bond donors (Lipinski definition) is 0. The van der Waals surface area contributed by atoms with Gasteiger partial charge in [0.05, 0.1) is 19.3 Å². The summed E-state index contributed by atoms with van der Waals surface area (Å²) >= 11 is -2.03. The maximum atomic E-state index is 14.2. The second-order valence-electron chi connectivity index (χ2n) is 8.58. The van der Waals surface area contributed by atoms with E-state index >= 15 is 0 Å². The van der Waals surface area contributed by atoms with Crippen LogP contribution in [-0.2, 0) is 23.7 Å². The zero-order valence-electron chi connectivity index (χ0n) is 22.7. The molecule has 0 amide bonds. The van der Waals surface area contributed by atoms with E-state index in [1.165, 1.54) is 18.7 Å². The van der Waals surface area contributed by atoms with E-state index in [1.807, 2.05) is 6.07 Å². The second kappa shape index (κ2) is 14.2. The number of methoxy groups -OCH3 is 1. The van der Waals surface area contributed by atoms with E-state index in [4.69, 9.17) is 8.92 Å². The molecule has 16 heteroatoms. The largest absolute Gasteiger partial charge is 0.497 e. The number of nitrogens with zero attached hydrogens (tertiary/aromatic N) is 3. The van der Waals surface area contributed by atoms with Crippen molar-refractivity contribution in [3.05, 3.63) is 92.4 Å². The van der Waals surface area contributed by atoms with Gasteiger partial charge in [0.1, 0.15) is 16.8 Å². The van der Waals surface area contributed by atoms with Crippen molar-refractivity contribution in [1.29, 1.82) is 0 Å². The SMILES string of the molecule is C=Ic1cc(I)ccc1-n1c(=O)n(Cc2ccc(OC)cc2)c(=O)c2c(OS(=O)(=O)C(I=C)(I=C)I=C)cc(=O)n(C)c21. The van der Waals surface area contributed by atoms with Gasteiger partial charge in [-0.15, -0.1) is 0 Å². The summed E-state index contributed by atoms with van der Waals surface area (Å²) in [6.45, 7) is -0.130. The van der Waals surface area contributed by atoms with Gasteiger partial charge >= 0.3 is 15.8 Å². The summed E-state index contributed by atoms with van der Waals surface area (Å²) in [7, 11) is -1.40. The molecule has 0 aliphatic carbocycles. The van der Waals surface area contributed by atoms with Crippen LogP contribution in [0.1, 0.15) is 5.56 Å². The van der Waals surface area contributed by atoms with Crippen LogP contribution in [0.5, 0.6) is 11.5 Å². The Labute approximate surface area is 300 Å². The molecule has 43 heavy (non-hydrogen) atoms. The lowest BCUT2D eigenvalue weighted by atomic mass is 10.2. The molecule has 0 bridgehead atoms. The van der Waals surface area contributed by atoms with Gasteiger partial charge in [-0.25, -0.2) is 9.36 Å². The molecule has 4 rings (SSSR count). The Bertz CT molecular complexity index is 2080. The van der Waals surface area contributed by atoms with Crippen LogP contribution in [0.4, 0.5) is 0 Å². The predicted octanol–water partition coefficient (Wildman–Crippen LogP) is 4.61. The first-order valence-electron chi connectivity index (χ1n) is 11.7. The number of hydrogen-bond acceptors (Lipinski definition) is 7. The molecule has 0 atom stereocenters. The number of aryl methyl sites for hydroxylation is 1. The standard InChI is InChI=1S/C27H24I5N3O7S/c1-29-19-13-17(28)9-12-20(19)35-24-23(25(37)34(26(35)38)15-16-7-10-18(41-6)11-8-16)21(14-22(36)33(24)5)42-43(39,40)27(30-2,31-3)32-4/h7-14H,1-4,15H2,5-6H3. The number of alkyl halides is 3. The van der Waals surface area contributed by atoms with Crippen LogP contribution in [0.15, 0.2) is 62.9 Å². The summed E-state index contributed by atoms with van der Waals surface area (Å²) in [4.78, 5) is 41.7. The van der Waals surface area contributed by atoms with Crippen LogP contribution in [-0.4, -0.2) is 46.1 Å². The van der Waals surface area contributed by atoms with Crippen molar-refractivity contribution in [3.63, 3.8) is 0 Å². The number of benzene rings is 2. The second-order valence-corrected chi connectivity index (χ2v) is 29.0. The average molecular weight is 1170 g/mol. The van der Waals surface area contributed by atoms with E-state index in [0.29, 0.717) is 17.0 Å². The Morgan fingerprint density at radius 1 is 0.953 bits per heavy atom. The zero-order chi connectivity index (χ0) is 31.7. The minimum absolute atomic E-state index is 0.0813. The lowest BCUT2D eigenvalue weighted by Crippen LogP contribution is -2.42. The first kappa shape index (κ1) is 34.9. The van der Waals surface area contributed by atoms with Gasteiger partial charge < -0.3 is 8.92 Å². The van der Waals surface area contributed by atoms with Crippen LogP contribution >= 0.6 is 106 Å². The Morgan fingerprint density at radius 3 is 2.14 bits per heavy atom. The Kier molecular flexibility index (Phi) is 11.5. The zero-order valence-corrected chi connectivity index (χ0v) is 34.3. The Morgan fingerprint density at radius 2 is 1.58 bits per heavy atom. The summed E-state index contributed by atoms with van der Waals surface area (Å²) < 4.78 is 58.1. The third-order valence-corrected chi connectivity index (χ3v) is 30.9. The van der Waals surface area contributed by atoms with E-state index in [2.05, 4.69) is 40.6 Å². The highest BCUT2D eigenvalue weighted by molar-refractivity contribution is 14.3. The van der Waals surface area contributed by atoms with E-state index in [9.17, 15) is 22.8 Å². The smallest absolute Gasteiger partial charge is 0.342 e. The van der Waals surface area contributed by atoms with Gasteiger partial charge in [0.2, 0.25) is -1.23 Å². The minimum atomic E-state index is -4.35. The summed E-state index contributed by atoms with van der Waals surface area (Å²) in [6.07, 6.45) is 0. The molecule has 0 saturated carbocycles. The average Bonchev–Trinajstić information content (AvgIpc) is 2.99. The van der Waals surface area contributed by atoms with Gasteiger partial charge in [0.15, 0.2) is 5.75 Å². The van der Waals surface area contributed by atoms with Gasteiger partial charge in [0.25, 0.3) is 11.1 Å². The summed E-state index contributed by atoms with van der Waals surface area (Å²) in [5.74, 6) is 0.164. The molecule has 0 aliphatic heterocycles. The maximum Gasteiger partial charge on any atom is 0.342 e. The number of aromatic nitrogens is 3. The molecule has 2 heterocycles. The van der Waals surface area contributed by atoms with Crippen LogP contribution in [0, 0.1) is 7.14 Å². The quantitative estimate of drug-likeness (QED) is 0.122. The third-order valence-electron chi connectivity index (χ3n) is 6.21. The van der Waals surface area contributed by atoms with E-state index in [-0.39, 0.29) is 17.6 Å². The maximum absolute atomic E-state index is 14.2. The van der Waals surface area contributed by atoms with Crippen LogP contribution in [0.3, 0.4) is 0 Å². The molecule has 0 unspecified atom stereocenters. The van der Waals surface area contributed by atoms with E-state index in [1.54, 1.807) is 36.4 Å². The topological polar surface area (TPSA) is 119 Å². The summed E-state index contributed by atoms with van der Waals surface area (Å²) in [5, 5.41) is -0.216. The molecular weight excluding hydrogens is 1140 g/mol. The number of halogens is 5. The predicted molar refractivity (Wildman–Crippen MR) is 219 cm³/mol. The number of ether oxygens (including phenoxy) is 1. The molecule has 230 valence electrons. The molecule has 4 aromatic rings. The van der Waals surface area contributed by atoms with Crippen molar-refractivity contribution in [2.24, 2.45) is 7.05 Å². The van der Waals surface area contributed by atoms with Crippen molar-refractivity contribution in [1.82, 2.24) is 13.7 Å². The molecule has 2 aromatic heterocycles. The van der Waals surface area contributed by atoms with Gasteiger partial charge in [-0.1, -0.05) is 113 Å². The normalized spacial score (nSPS) is 12.0. The monoisotopic (exact) mass is 1170 g/mol. The van der Waals surface area contributed by atoms with Gasteiger partial charge in [0, 0.05) is 20.3 Å². The van der Waals surface area contributed by atoms with Crippen molar-refractivity contribution in [3.8, 4) is 17.2 Å². The van der Waals surface area contributed by atoms with Gasteiger partial charge in [-0.05, 0) is 58.5 Å². The molecule has 0 fully saturated rings. The molecule has 0 spiro atoms. The molecular formula is C27H24I5N3O7S. The molecule has 2 aromatic carbocycles. The first-order chi connectivity index (χ1) is 20.4. The molecule has 10 nitrogen and oxygen atoms in total. The molecule has 0 radical (unpaired) electrons. The Hall–Kier alpha value is -0.990. The molecule has 0 aliphatic rings. The van der Waals surface area contributed by atoms with Crippen molar-refractivity contribution in [2.45, 2.75) is 5.31 Å². The summed E-state index contributed by atoms with van der Waals surface area (Å²) in [5.41, 5.74) is -1.16. The van der Waals surface area contributed by atoms with Crippen molar-refractivity contribution >= 4 is 145 Å². The van der Waals surface area contributed by atoms with Crippen molar-refractivity contribution < 1.29 is 17.3 Å². The van der Waals surface area contributed by atoms with Crippen molar-refractivity contribution in [2.75, 3.05) is 7.11 Å². The molecule has 0 saturated heterocycles. The minimum Gasteiger partial charge on any atom is -0.497 e. The van der Waals surface area contributed by atoms with Gasteiger partial charge in [-0.2, -0.15) is 8.42 Å². The lowest BCUT2D eigenvalue weighted by molar-refractivity contribution is 0.414. The third kappa shape index (κ3) is 6.63. The van der Waals surface area contributed by atoms with E-state index in [0.717, 1.165) is 22.3 Å². The fourth-order valence-corrected chi connectivity index (χ4v) is 16.4. The number of fused-ring (bicyclic) bond motifs is 1. The van der Waals surface area contributed by atoms with Crippen LogP contribution in [0.25, 0.3) is 16.7 Å². The number of rotatable bonds is 11. The highest BCUT2D eigenvalue weighted by Gasteiger charge is 2.41. The summed E-state index contributed by atoms with van der Waals surface area (Å²) in [6, 6.07) is 13.3. The fraction of sp³-hybridized carbons (Fsp3) is 0.148. The first-order valence-corrected chi connectivity index (χ1v) is 24.6. The van der Waals surface area contributed by atoms with Crippen LogP contribution < -0.4 is 25.7 Å².